The van der Waals surface area contributed by atoms with Crippen molar-refractivity contribution in [1.82, 2.24) is 9.55 Å². The molecule has 0 radical (unpaired) electrons. The Labute approximate surface area is 164 Å². The average Bonchev–Trinajstić information content (AvgIpc) is 3.05. The third-order valence-electron chi connectivity index (χ3n) is 5.49. The van der Waals surface area contributed by atoms with Crippen LogP contribution in [-0.2, 0) is 24.1 Å². The summed E-state index contributed by atoms with van der Waals surface area (Å²) in [6.45, 7) is 2.58. The summed E-state index contributed by atoms with van der Waals surface area (Å²) >= 11 is 0. The molecular weight excluding hydrogens is 354 g/mol. The number of fused-ring (bicyclic) bond motifs is 3. The number of rotatable bonds is 4. The van der Waals surface area contributed by atoms with Gasteiger partial charge in [0.15, 0.2) is 0 Å². The minimum Gasteiger partial charge on any atom is -0.452 e. The zero-order valence-electron chi connectivity index (χ0n) is 16.3. The number of anilines is 1. The molecule has 6 heteroatoms. The molecule has 3 aromatic rings. The number of hydrogen-bond acceptors (Lipinski definition) is 4. The molecule has 1 N–H and O–H groups in total. The maximum Gasteiger partial charge on any atom is 0.414 e. The van der Waals surface area contributed by atoms with Gasteiger partial charge in [0.1, 0.15) is 5.82 Å². The summed E-state index contributed by atoms with van der Waals surface area (Å²) in [7, 11) is 1.41. The Kier molecular flexibility index (Phi) is 5.05. The van der Waals surface area contributed by atoms with Gasteiger partial charge in [-0.1, -0.05) is 30.3 Å². The van der Waals surface area contributed by atoms with Gasteiger partial charge >= 0.3 is 6.09 Å². The molecule has 0 saturated carbocycles. The van der Waals surface area contributed by atoms with E-state index in [-0.39, 0.29) is 18.7 Å². The lowest BCUT2D eigenvalue weighted by atomic mass is 9.96. The second-order valence-corrected chi connectivity index (χ2v) is 7.22. The van der Waals surface area contributed by atoms with Gasteiger partial charge in [-0.25, -0.2) is 9.78 Å². The molecule has 0 aliphatic carbocycles. The average molecular weight is 379 g/mol. The van der Waals surface area contributed by atoms with Crippen molar-refractivity contribution in [3.8, 4) is 0 Å². The molecule has 4 rings (SSSR count). The van der Waals surface area contributed by atoms with E-state index in [4.69, 9.17) is 9.72 Å². The van der Waals surface area contributed by atoms with E-state index >= 15 is 0 Å². The number of nitrogens with zero attached hydrogens (tertiary/aromatic N) is 3. The van der Waals surface area contributed by atoms with Crippen molar-refractivity contribution in [3.63, 3.8) is 0 Å². The summed E-state index contributed by atoms with van der Waals surface area (Å²) in [4.78, 5) is 19.0. The Morgan fingerprint density at radius 3 is 2.75 bits per heavy atom. The van der Waals surface area contributed by atoms with Gasteiger partial charge in [0.2, 0.25) is 0 Å². The highest BCUT2D eigenvalue weighted by Crippen LogP contribution is 2.36. The quantitative estimate of drug-likeness (QED) is 0.753. The maximum absolute atomic E-state index is 12.3. The summed E-state index contributed by atoms with van der Waals surface area (Å²) in [5.74, 6) is 0.923. The van der Waals surface area contributed by atoms with E-state index in [0.29, 0.717) is 13.0 Å². The van der Waals surface area contributed by atoms with Crippen molar-refractivity contribution in [1.29, 1.82) is 0 Å². The standard InChI is InChI=1S/C22H25N3O3/c1-15-8-9-17-18(25(15)22(27)28-2)10-11-19-21(17)23-20(24(19)12-13-26)14-16-6-4-3-5-7-16/h3-7,10-11,15,26H,8-9,12-14H2,1-2H3. The van der Waals surface area contributed by atoms with E-state index in [1.807, 2.05) is 37.3 Å². The first-order chi connectivity index (χ1) is 13.6. The second-order valence-electron chi connectivity index (χ2n) is 7.22. The minimum atomic E-state index is -0.341. The number of hydrogen-bond donors (Lipinski definition) is 1. The van der Waals surface area contributed by atoms with Gasteiger partial charge in [0.25, 0.3) is 0 Å². The normalized spacial score (nSPS) is 16.2. The van der Waals surface area contributed by atoms with Crippen LogP contribution in [0.3, 0.4) is 0 Å². The second kappa shape index (κ2) is 7.64. The fourth-order valence-corrected chi connectivity index (χ4v) is 4.12. The van der Waals surface area contributed by atoms with Crippen LogP contribution in [0.15, 0.2) is 42.5 Å². The van der Waals surface area contributed by atoms with E-state index in [1.54, 1.807) is 4.90 Å². The van der Waals surface area contributed by atoms with Crippen molar-refractivity contribution in [3.05, 3.63) is 59.4 Å². The number of aliphatic hydroxyl groups is 1. The van der Waals surface area contributed by atoms with Crippen LogP contribution in [0.25, 0.3) is 11.0 Å². The fraction of sp³-hybridized carbons (Fsp3) is 0.364. The van der Waals surface area contributed by atoms with Crippen LogP contribution in [0.1, 0.15) is 30.3 Å². The van der Waals surface area contributed by atoms with Crippen LogP contribution >= 0.6 is 0 Å². The van der Waals surface area contributed by atoms with Crippen LogP contribution in [-0.4, -0.2) is 40.5 Å². The fourth-order valence-electron chi connectivity index (χ4n) is 4.12. The highest BCUT2D eigenvalue weighted by molar-refractivity contribution is 5.95. The molecule has 0 saturated heterocycles. The van der Waals surface area contributed by atoms with Crippen LogP contribution < -0.4 is 4.90 Å². The van der Waals surface area contributed by atoms with Gasteiger partial charge in [-0.05, 0) is 37.5 Å². The number of aryl methyl sites for hydroxylation is 1. The van der Waals surface area contributed by atoms with Crippen molar-refractivity contribution in [2.75, 3.05) is 18.6 Å². The number of ether oxygens (including phenoxy) is 1. The zero-order chi connectivity index (χ0) is 19.7. The van der Waals surface area contributed by atoms with Crippen LogP contribution in [0.4, 0.5) is 10.5 Å². The molecule has 1 aliphatic heterocycles. The van der Waals surface area contributed by atoms with E-state index in [2.05, 4.69) is 16.7 Å². The predicted octanol–water partition coefficient (Wildman–Crippen LogP) is 3.53. The lowest BCUT2D eigenvalue weighted by Crippen LogP contribution is -2.42. The van der Waals surface area contributed by atoms with Crippen molar-refractivity contribution >= 4 is 22.8 Å². The Bertz CT molecular complexity index is 997. The van der Waals surface area contributed by atoms with Crippen LogP contribution in [0, 0.1) is 0 Å². The van der Waals surface area contributed by atoms with E-state index < -0.39 is 0 Å². The highest BCUT2D eigenvalue weighted by Gasteiger charge is 2.31. The van der Waals surface area contributed by atoms with Gasteiger partial charge in [0.05, 0.1) is 30.4 Å². The zero-order valence-corrected chi connectivity index (χ0v) is 16.3. The SMILES string of the molecule is COC(=O)N1c2ccc3c(nc(Cc4ccccc4)n3CCO)c2CCC1C. The number of carbonyl (C=O) groups excluding carboxylic acids is 1. The first-order valence-electron chi connectivity index (χ1n) is 9.67. The van der Waals surface area contributed by atoms with Gasteiger partial charge in [-0.15, -0.1) is 0 Å². The topological polar surface area (TPSA) is 67.6 Å². The Hall–Kier alpha value is -2.86. The van der Waals surface area contributed by atoms with Gasteiger partial charge < -0.3 is 14.4 Å². The van der Waals surface area contributed by atoms with Crippen LogP contribution in [0.2, 0.25) is 0 Å². The summed E-state index contributed by atoms with van der Waals surface area (Å²) in [5.41, 5.74) is 5.04. The molecule has 146 valence electrons. The lowest BCUT2D eigenvalue weighted by Gasteiger charge is -2.34. The van der Waals surface area contributed by atoms with Crippen molar-refractivity contribution in [2.24, 2.45) is 0 Å². The summed E-state index contributed by atoms with van der Waals surface area (Å²) in [6.07, 6.45) is 2.08. The molecule has 1 aromatic heterocycles. The maximum atomic E-state index is 12.3. The van der Waals surface area contributed by atoms with E-state index in [1.165, 1.54) is 12.7 Å². The number of carbonyl (C=O) groups is 1. The first kappa shape index (κ1) is 18.5. The van der Waals surface area contributed by atoms with Gasteiger partial charge in [0, 0.05) is 24.6 Å². The van der Waals surface area contributed by atoms with Gasteiger partial charge in [-0.2, -0.15) is 0 Å². The molecule has 28 heavy (non-hydrogen) atoms. The molecule has 0 spiro atoms. The largest absolute Gasteiger partial charge is 0.452 e. The molecule has 2 heterocycles. The highest BCUT2D eigenvalue weighted by atomic mass is 16.5. The number of aromatic nitrogens is 2. The Balaban J connectivity index is 1.85. The molecule has 1 amide bonds. The Morgan fingerprint density at radius 1 is 1.25 bits per heavy atom. The third kappa shape index (κ3) is 3.14. The van der Waals surface area contributed by atoms with Gasteiger partial charge in [-0.3, -0.25) is 4.90 Å². The first-order valence-corrected chi connectivity index (χ1v) is 9.67. The van der Waals surface area contributed by atoms with E-state index in [0.717, 1.165) is 41.0 Å². The number of amides is 1. The number of imidazole rings is 1. The smallest absolute Gasteiger partial charge is 0.414 e. The summed E-state index contributed by atoms with van der Waals surface area (Å²) in [5, 5.41) is 9.59. The molecule has 0 fully saturated rings. The van der Waals surface area contributed by atoms with E-state index in [9.17, 15) is 9.90 Å². The predicted molar refractivity (Wildman–Crippen MR) is 109 cm³/mol. The molecular formula is C22H25N3O3. The number of aliphatic hydroxyl groups excluding tert-OH is 1. The van der Waals surface area contributed by atoms with Crippen molar-refractivity contribution < 1.29 is 14.6 Å². The number of benzene rings is 2. The lowest BCUT2D eigenvalue weighted by molar-refractivity contribution is 0.175. The van der Waals surface area contributed by atoms with Crippen LogP contribution in [0.5, 0.6) is 0 Å². The Morgan fingerprint density at radius 2 is 2.04 bits per heavy atom. The number of methoxy groups -OCH3 is 1. The summed E-state index contributed by atoms with van der Waals surface area (Å²) in [6, 6.07) is 14.3. The monoisotopic (exact) mass is 379 g/mol. The molecule has 1 unspecified atom stereocenters. The van der Waals surface area contributed by atoms with Crippen molar-refractivity contribution in [2.45, 2.75) is 38.8 Å². The molecule has 2 aromatic carbocycles. The summed E-state index contributed by atoms with van der Waals surface area (Å²) < 4.78 is 7.09. The molecule has 1 atom stereocenters. The molecule has 1 aliphatic rings. The third-order valence-corrected chi connectivity index (χ3v) is 5.49. The molecule has 6 nitrogen and oxygen atoms in total. The molecule has 0 bridgehead atoms. The minimum absolute atomic E-state index is 0.0512.